The number of rotatable bonds is 7. The van der Waals surface area contributed by atoms with Crippen LogP contribution in [0, 0.1) is 5.92 Å². The quantitative estimate of drug-likeness (QED) is 0.806. The predicted octanol–water partition coefficient (Wildman–Crippen LogP) is 4.18. The van der Waals surface area contributed by atoms with Crippen LogP contribution >= 0.6 is 11.6 Å². The maximum atomic E-state index is 6.23. The Bertz CT molecular complexity index is 354. The van der Waals surface area contributed by atoms with E-state index in [1.54, 1.807) is 0 Å². The summed E-state index contributed by atoms with van der Waals surface area (Å²) in [4.78, 5) is 0. The maximum Gasteiger partial charge on any atom is 0.0989 e. The number of nitrogens with two attached hydrogens (primary N) is 1. The predicted molar refractivity (Wildman–Crippen MR) is 77.9 cm³/mol. The van der Waals surface area contributed by atoms with E-state index in [0.717, 1.165) is 30.0 Å². The lowest BCUT2D eigenvalue weighted by molar-refractivity contribution is 0.0276. The zero-order valence-corrected chi connectivity index (χ0v) is 12.3. The van der Waals surface area contributed by atoms with E-state index < -0.39 is 0 Å². The standard InChI is InChI=1S/C15H24ClNO/c1-4-14(17)15(18-10-9-11(2)3)12-7-5-6-8-13(12)16/h5-8,11,14-15H,4,9-10,17H2,1-3H3. The lowest BCUT2D eigenvalue weighted by Gasteiger charge is -2.25. The molecule has 0 fully saturated rings. The highest BCUT2D eigenvalue weighted by Gasteiger charge is 2.21. The second-order valence-electron chi connectivity index (χ2n) is 5.07. The molecule has 0 saturated carbocycles. The van der Waals surface area contributed by atoms with Crippen molar-refractivity contribution in [3.05, 3.63) is 34.9 Å². The zero-order valence-electron chi connectivity index (χ0n) is 11.5. The van der Waals surface area contributed by atoms with Crippen molar-refractivity contribution in [1.82, 2.24) is 0 Å². The molecular formula is C15H24ClNO. The Morgan fingerprint density at radius 2 is 1.94 bits per heavy atom. The Labute approximate surface area is 115 Å². The van der Waals surface area contributed by atoms with Gasteiger partial charge in [0.05, 0.1) is 6.10 Å². The number of hydrogen-bond donors (Lipinski definition) is 1. The van der Waals surface area contributed by atoms with Crippen LogP contribution in [-0.4, -0.2) is 12.6 Å². The van der Waals surface area contributed by atoms with Crippen molar-refractivity contribution in [2.75, 3.05) is 6.61 Å². The minimum Gasteiger partial charge on any atom is -0.372 e. The topological polar surface area (TPSA) is 35.2 Å². The van der Waals surface area contributed by atoms with Crippen LogP contribution in [0.4, 0.5) is 0 Å². The summed E-state index contributed by atoms with van der Waals surface area (Å²) in [6.45, 7) is 7.17. The first-order valence-electron chi connectivity index (χ1n) is 6.67. The molecule has 0 aliphatic heterocycles. The first-order valence-corrected chi connectivity index (χ1v) is 7.05. The fraction of sp³-hybridized carbons (Fsp3) is 0.600. The van der Waals surface area contributed by atoms with Crippen molar-refractivity contribution in [2.24, 2.45) is 11.7 Å². The summed E-state index contributed by atoms with van der Waals surface area (Å²) in [5, 5.41) is 0.732. The molecular weight excluding hydrogens is 246 g/mol. The molecule has 0 saturated heterocycles. The molecule has 2 unspecified atom stereocenters. The van der Waals surface area contributed by atoms with Crippen LogP contribution in [0.5, 0.6) is 0 Å². The van der Waals surface area contributed by atoms with E-state index in [1.807, 2.05) is 24.3 Å². The van der Waals surface area contributed by atoms with Gasteiger partial charge in [0.25, 0.3) is 0 Å². The Morgan fingerprint density at radius 1 is 1.28 bits per heavy atom. The van der Waals surface area contributed by atoms with Gasteiger partial charge in [0.1, 0.15) is 0 Å². The molecule has 0 aliphatic carbocycles. The minimum atomic E-state index is -0.109. The van der Waals surface area contributed by atoms with Crippen LogP contribution in [0.15, 0.2) is 24.3 Å². The number of benzene rings is 1. The number of hydrogen-bond acceptors (Lipinski definition) is 2. The Hall–Kier alpha value is -0.570. The molecule has 0 amide bonds. The van der Waals surface area contributed by atoms with Crippen molar-refractivity contribution in [2.45, 2.75) is 45.8 Å². The van der Waals surface area contributed by atoms with Crippen molar-refractivity contribution in [1.29, 1.82) is 0 Å². The SMILES string of the molecule is CCC(N)C(OCCC(C)C)c1ccccc1Cl. The summed E-state index contributed by atoms with van der Waals surface area (Å²) >= 11 is 6.23. The van der Waals surface area contributed by atoms with E-state index in [4.69, 9.17) is 22.1 Å². The second kappa shape index (κ2) is 7.78. The molecule has 0 spiro atoms. The third-order valence-electron chi connectivity index (χ3n) is 3.06. The molecule has 0 bridgehead atoms. The largest absolute Gasteiger partial charge is 0.372 e. The summed E-state index contributed by atoms with van der Waals surface area (Å²) in [7, 11) is 0. The van der Waals surface area contributed by atoms with Crippen LogP contribution in [0.2, 0.25) is 5.02 Å². The third-order valence-corrected chi connectivity index (χ3v) is 3.41. The first kappa shape index (κ1) is 15.5. The van der Waals surface area contributed by atoms with Gasteiger partial charge in [-0.25, -0.2) is 0 Å². The molecule has 2 N–H and O–H groups in total. The summed E-state index contributed by atoms with van der Waals surface area (Å²) in [6, 6.07) is 7.77. The van der Waals surface area contributed by atoms with Crippen LogP contribution in [0.25, 0.3) is 0 Å². The molecule has 3 heteroatoms. The third kappa shape index (κ3) is 4.60. The van der Waals surface area contributed by atoms with Crippen LogP contribution in [0.3, 0.4) is 0 Å². The fourth-order valence-corrected chi connectivity index (χ4v) is 2.04. The molecule has 2 nitrogen and oxygen atoms in total. The molecule has 0 aliphatic rings. The van der Waals surface area contributed by atoms with Gasteiger partial charge in [0.15, 0.2) is 0 Å². The minimum absolute atomic E-state index is 0.0166. The van der Waals surface area contributed by atoms with Crippen molar-refractivity contribution in [3.8, 4) is 0 Å². The highest BCUT2D eigenvalue weighted by molar-refractivity contribution is 6.31. The summed E-state index contributed by atoms with van der Waals surface area (Å²) in [5.41, 5.74) is 7.15. The maximum absolute atomic E-state index is 6.23. The van der Waals surface area contributed by atoms with Crippen molar-refractivity contribution < 1.29 is 4.74 Å². The average Bonchev–Trinajstić information content (AvgIpc) is 2.35. The number of halogens is 1. The van der Waals surface area contributed by atoms with E-state index in [0.29, 0.717) is 5.92 Å². The van der Waals surface area contributed by atoms with Gasteiger partial charge in [0.2, 0.25) is 0 Å². The van der Waals surface area contributed by atoms with Crippen molar-refractivity contribution in [3.63, 3.8) is 0 Å². The van der Waals surface area contributed by atoms with Gasteiger partial charge < -0.3 is 10.5 Å². The van der Waals surface area contributed by atoms with Gasteiger partial charge >= 0.3 is 0 Å². The lowest BCUT2D eigenvalue weighted by Crippen LogP contribution is -2.30. The lowest BCUT2D eigenvalue weighted by atomic mass is 10.0. The van der Waals surface area contributed by atoms with Gasteiger partial charge in [-0.3, -0.25) is 0 Å². The molecule has 1 aromatic rings. The molecule has 102 valence electrons. The molecule has 0 heterocycles. The smallest absolute Gasteiger partial charge is 0.0989 e. The van der Waals surface area contributed by atoms with Crippen LogP contribution in [-0.2, 0) is 4.74 Å². The Morgan fingerprint density at radius 3 is 2.50 bits per heavy atom. The highest BCUT2D eigenvalue weighted by atomic mass is 35.5. The van der Waals surface area contributed by atoms with Gasteiger partial charge in [-0.1, -0.05) is 50.6 Å². The average molecular weight is 270 g/mol. The molecule has 1 rings (SSSR count). The Kier molecular flexibility index (Phi) is 6.69. The van der Waals surface area contributed by atoms with Crippen LogP contribution < -0.4 is 5.73 Å². The van der Waals surface area contributed by atoms with Gasteiger partial charge in [-0.2, -0.15) is 0 Å². The fourth-order valence-electron chi connectivity index (χ4n) is 1.79. The van der Waals surface area contributed by atoms with E-state index in [2.05, 4.69) is 20.8 Å². The molecule has 0 radical (unpaired) electrons. The summed E-state index contributed by atoms with van der Waals surface area (Å²) < 4.78 is 5.96. The van der Waals surface area contributed by atoms with E-state index in [9.17, 15) is 0 Å². The van der Waals surface area contributed by atoms with E-state index in [-0.39, 0.29) is 12.1 Å². The van der Waals surface area contributed by atoms with Gasteiger partial charge in [0, 0.05) is 23.2 Å². The molecule has 2 atom stereocenters. The van der Waals surface area contributed by atoms with Crippen LogP contribution in [0.1, 0.15) is 45.3 Å². The second-order valence-corrected chi connectivity index (χ2v) is 5.47. The molecule has 1 aromatic carbocycles. The van der Waals surface area contributed by atoms with Gasteiger partial charge in [-0.15, -0.1) is 0 Å². The monoisotopic (exact) mass is 269 g/mol. The Balaban J connectivity index is 2.75. The van der Waals surface area contributed by atoms with Gasteiger partial charge in [-0.05, 0) is 24.8 Å². The van der Waals surface area contributed by atoms with E-state index >= 15 is 0 Å². The van der Waals surface area contributed by atoms with Crippen molar-refractivity contribution >= 4 is 11.6 Å². The highest BCUT2D eigenvalue weighted by Crippen LogP contribution is 2.28. The summed E-state index contributed by atoms with van der Waals surface area (Å²) in [6.07, 6.45) is 1.80. The number of ether oxygens (including phenoxy) is 1. The first-order chi connectivity index (χ1) is 8.56. The normalized spacial score (nSPS) is 14.8. The molecule has 0 aromatic heterocycles. The molecule has 18 heavy (non-hydrogen) atoms. The summed E-state index contributed by atoms with van der Waals surface area (Å²) in [5.74, 6) is 0.634. The zero-order chi connectivity index (χ0) is 13.5. The van der Waals surface area contributed by atoms with E-state index in [1.165, 1.54) is 0 Å².